The van der Waals surface area contributed by atoms with Gasteiger partial charge in [-0.05, 0) is 63.0 Å². The van der Waals surface area contributed by atoms with E-state index < -0.39 is 0 Å². The summed E-state index contributed by atoms with van der Waals surface area (Å²) in [7, 11) is 0. The molecule has 1 N–H and O–H groups in total. The molecule has 3 fully saturated rings. The second-order valence-electron chi connectivity index (χ2n) is 8.12. The number of piperidine rings is 3. The molecule has 0 unspecified atom stereocenters. The van der Waals surface area contributed by atoms with Crippen LogP contribution in [0.25, 0.3) is 12.3 Å². The maximum Gasteiger partial charge on any atom is 0.321 e. The topological polar surface area (TPSA) is 35.6 Å². The molecule has 5 heterocycles. The number of amides is 2. The van der Waals surface area contributed by atoms with Gasteiger partial charge in [0, 0.05) is 40.1 Å². The van der Waals surface area contributed by atoms with Crippen molar-refractivity contribution >= 4 is 29.6 Å². The predicted molar refractivity (Wildman–Crippen MR) is 118 cm³/mol. The van der Waals surface area contributed by atoms with Crippen molar-refractivity contribution in [3.05, 3.63) is 56.6 Å². The summed E-state index contributed by atoms with van der Waals surface area (Å²) in [5.74, 6) is 7.08. The Morgan fingerprint density at radius 2 is 1.97 bits per heavy atom. The fraction of sp³-hybridized carbons (Fsp3) is 0.375. The molecule has 148 valence electrons. The molecule has 5 heteroatoms. The van der Waals surface area contributed by atoms with E-state index in [9.17, 15) is 4.79 Å². The van der Waals surface area contributed by atoms with Crippen molar-refractivity contribution in [1.82, 2.24) is 15.1 Å². The van der Waals surface area contributed by atoms with Crippen LogP contribution in [0, 0.1) is 17.8 Å². The van der Waals surface area contributed by atoms with Crippen molar-refractivity contribution in [2.45, 2.75) is 31.8 Å². The van der Waals surface area contributed by atoms with Crippen LogP contribution in [0.15, 0.2) is 36.4 Å². The Labute approximate surface area is 175 Å². The Morgan fingerprint density at radius 3 is 2.72 bits per heavy atom. The van der Waals surface area contributed by atoms with E-state index in [1.807, 2.05) is 36.5 Å². The van der Waals surface area contributed by atoms with Gasteiger partial charge in [-0.15, -0.1) is 11.3 Å². The van der Waals surface area contributed by atoms with Gasteiger partial charge in [-0.3, -0.25) is 9.80 Å². The van der Waals surface area contributed by atoms with Gasteiger partial charge >= 0.3 is 6.03 Å². The fourth-order valence-corrected chi connectivity index (χ4v) is 5.62. The smallest absolute Gasteiger partial charge is 0.321 e. The Bertz CT molecular complexity index is 1080. The van der Waals surface area contributed by atoms with E-state index in [-0.39, 0.29) is 12.1 Å². The molecular formula is C24H25N3OS. The van der Waals surface area contributed by atoms with Gasteiger partial charge in [0.05, 0.1) is 4.88 Å². The molecule has 29 heavy (non-hydrogen) atoms. The summed E-state index contributed by atoms with van der Waals surface area (Å²) < 4.78 is 1.20. The quantitative estimate of drug-likeness (QED) is 0.741. The van der Waals surface area contributed by atoms with E-state index in [1.165, 1.54) is 30.5 Å². The molecule has 2 aromatic rings. The van der Waals surface area contributed by atoms with Crippen LogP contribution in [0.5, 0.6) is 0 Å². The SMILES string of the molecule is C[C@H]1[C@H](NC(=O)N2C=c3cc(C#Cc4ccccc4)sc3=CC2)C2CCN1CC2. The largest absolute Gasteiger partial charge is 0.333 e. The first kappa shape index (κ1) is 18.5. The van der Waals surface area contributed by atoms with Crippen LogP contribution in [0.1, 0.15) is 30.2 Å². The monoisotopic (exact) mass is 403 g/mol. The third-order valence-corrected chi connectivity index (χ3v) is 7.45. The summed E-state index contributed by atoms with van der Waals surface area (Å²) >= 11 is 1.69. The molecular weight excluding hydrogens is 378 g/mol. The van der Waals surface area contributed by atoms with Crippen molar-refractivity contribution in [3.8, 4) is 11.8 Å². The minimum atomic E-state index is 0.0145. The van der Waals surface area contributed by atoms with Gasteiger partial charge in [0.25, 0.3) is 0 Å². The van der Waals surface area contributed by atoms with Crippen molar-refractivity contribution in [2.75, 3.05) is 19.6 Å². The average molecular weight is 404 g/mol. The minimum absolute atomic E-state index is 0.0145. The van der Waals surface area contributed by atoms with Crippen molar-refractivity contribution in [2.24, 2.45) is 5.92 Å². The number of carbonyl (C=O) groups excluding carboxylic acids is 1. The van der Waals surface area contributed by atoms with E-state index in [0.29, 0.717) is 18.5 Å². The summed E-state index contributed by atoms with van der Waals surface area (Å²) in [5, 5.41) is 4.40. The lowest BCUT2D eigenvalue weighted by Gasteiger charge is -2.50. The molecule has 1 aromatic heterocycles. The zero-order valence-corrected chi connectivity index (χ0v) is 17.4. The minimum Gasteiger partial charge on any atom is -0.333 e. The molecule has 3 saturated heterocycles. The molecule has 0 radical (unpaired) electrons. The molecule has 1 aromatic carbocycles. The zero-order chi connectivity index (χ0) is 19.8. The maximum absolute atomic E-state index is 12.9. The molecule has 2 atom stereocenters. The third-order valence-electron chi connectivity index (χ3n) is 6.39. The number of carbonyl (C=O) groups is 1. The van der Waals surface area contributed by atoms with Crippen molar-refractivity contribution in [3.63, 3.8) is 0 Å². The number of hydrogen-bond donors (Lipinski definition) is 1. The number of nitrogens with one attached hydrogen (secondary N) is 1. The summed E-state index contributed by atoms with van der Waals surface area (Å²) in [6, 6.07) is 12.8. The third kappa shape index (κ3) is 3.71. The van der Waals surface area contributed by atoms with Crippen LogP contribution in [-0.4, -0.2) is 47.5 Å². The number of urea groups is 1. The highest BCUT2D eigenvalue weighted by atomic mass is 32.1. The van der Waals surface area contributed by atoms with Crippen LogP contribution in [-0.2, 0) is 0 Å². The highest BCUT2D eigenvalue weighted by Crippen LogP contribution is 2.32. The number of thiophene rings is 1. The molecule has 0 saturated carbocycles. The lowest BCUT2D eigenvalue weighted by atomic mass is 9.79. The molecule has 2 bridgehead atoms. The van der Waals surface area contributed by atoms with E-state index in [4.69, 9.17) is 0 Å². The van der Waals surface area contributed by atoms with Crippen molar-refractivity contribution < 1.29 is 4.79 Å². The second-order valence-corrected chi connectivity index (χ2v) is 9.20. The van der Waals surface area contributed by atoms with Crippen LogP contribution >= 0.6 is 11.3 Å². The zero-order valence-electron chi connectivity index (χ0n) is 16.6. The first-order valence-electron chi connectivity index (χ1n) is 10.4. The highest BCUT2D eigenvalue weighted by Gasteiger charge is 2.40. The number of benzene rings is 1. The van der Waals surface area contributed by atoms with Gasteiger partial charge in [-0.2, -0.15) is 0 Å². The van der Waals surface area contributed by atoms with E-state index in [2.05, 4.69) is 41.1 Å². The maximum atomic E-state index is 12.9. The van der Waals surface area contributed by atoms with E-state index in [1.54, 1.807) is 16.2 Å². The van der Waals surface area contributed by atoms with Gasteiger partial charge in [0.15, 0.2) is 0 Å². The molecule has 2 amide bonds. The molecule has 0 aliphatic carbocycles. The molecule has 4 aliphatic heterocycles. The Kier molecular flexibility index (Phi) is 4.91. The number of nitrogens with zero attached hydrogens (tertiary/aromatic N) is 2. The Hall–Kier alpha value is -2.55. The van der Waals surface area contributed by atoms with E-state index >= 15 is 0 Å². The summed E-state index contributed by atoms with van der Waals surface area (Å²) in [6.07, 6.45) is 6.50. The Morgan fingerprint density at radius 1 is 1.17 bits per heavy atom. The standard InChI is InChI=1S/C24H25N3OS/c1-17-23(19-9-12-26(17)13-10-19)25-24(28)27-14-11-22-20(16-27)15-21(29-22)8-7-18-5-3-2-4-6-18/h2-6,11,15-17,19,23H,9-10,12-14H2,1H3,(H,25,28)/t17-,23-/m0/s1. The van der Waals surface area contributed by atoms with Gasteiger partial charge < -0.3 is 5.32 Å². The average Bonchev–Trinajstić information content (AvgIpc) is 3.18. The van der Waals surface area contributed by atoms with Crippen LogP contribution in [0.3, 0.4) is 0 Å². The lowest BCUT2D eigenvalue weighted by molar-refractivity contribution is 0.0255. The summed E-state index contributed by atoms with van der Waals surface area (Å²) in [4.78, 5) is 18.3. The number of hydrogen-bond acceptors (Lipinski definition) is 3. The number of rotatable bonds is 1. The first-order chi connectivity index (χ1) is 14.2. The van der Waals surface area contributed by atoms with Crippen LogP contribution in [0.2, 0.25) is 0 Å². The Balaban J connectivity index is 1.31. The van der Waals surface area contributed by atoms with Crippen LogP contribution in [0.4, 0.5) is 4.79 Å². The van der Waals surface area contributed by atoms with Crippen molar-refractivity contribution in [1.29, 1.82) is 0 Å². The second kappa shape index (κ2) is 7.70. The highest BCUT2D eigenvalue weighted by molar-refractivity contribution is 7.10. The normalized spacial score (nSPS) is 27.1. The predicted octanol–water partition coefficient (Wildman–Crippen LogP) is 2.17. The molecule has 0 spiro atoms. The first-order valence-corrected chi connectivity index (χ1v) is 11.2. The lowest BCUT2D eigenvalue weighted by Crippen LogP contribution is -2.63. The van der Waals surface area contributed by atoms with Crippen LogP contribution < -0.4 is 15.1 Å². The molecule has 4 nitrogen and oxygen atoms in total. The number of fused-ring (bicyclic) bond motifs is 4. The summed E-state index contributed by atoms with van der Waals surface area (Å²) in [5.41, 5.74) is 1.01. The molecule has 4 aliphatic rings. The van der Waals surface area contributed by atoms with E-state index in [0.717, 1.165) is 15.7 Å². The summed E-state index contributed by atoms with van der Waals surface area (Å²) in [6.45, 7) is 5.21. The van der Waals surface area contributed by atoms with Gasteiger partial charge in [0.1, 0.15) is 0 Å². The van der Waals surface area contributed by atoms with Gasteiger partial charge in [0.2, 0.25) is 0 Å². The fourth-order valence-electron chi connectivity index (χ4n) is 4.71. The van der Waals surface area contributed by atoms with Gasteiger partial charge in [-0.1, -0.05) is 30.0 Å². The molecule has 6 rings (SSSR count). The van der Waals surface area contributed by atoms with Gasteiger partial charge in [-0.25, -0.2) is 4.79 Å².